The van der Waals surface area contributed by atoms with Gasteiger partial charge in [-0.15, -0.1) is 0 Å². The van der Waals surface area contributed by atoms with Crippen LogP contribution >= 0.6 is 0 Å². The largest absolute Gasteiger partial charge is 0.497 e. The average molecular weight is 606 g/mol. The molecule has 3 rings (SSSR count). The van der Waals surface area contributed by atoms with Crippen molar-refractivity contribution in [3.8, 4) is 11.5 Å². The van der Waals surface area contributed by atoms with E-state index in [2.05, 4.69) is 5.32 Å². The third-order valence-corrected chi connectivity index (χ3v) is 7.50. The molecular weight excluding hydrogens is 554 g/mol. The number of hydrogen-bond acceptors (Lipinski definition) is 8. The van der Waals surface area contributed by atoms with Crippen molar-refractivity contribution in [2.45, 2.75) is 84.5 Å². The van der Waals surface area contributed by atoms with Crippen LogP contribution in [-0.4, -0.2) is 97.6 Å². The number of amides is 3. The predicted octanol–water partition coefficient (Wildman–Crippen LogP) is 3.61. The van der Waals surface area contributed by atoms with Gasteiger partial charge in [-0.25, -0.2) is 4.79 Å². The average Bonchev–Trinajstić information content (AvgIpc) is 3.79. The molecule has 11 nitrogen and oxygen atoms in total. The van der Waals surface area contributed by atoms with E-state index in [0.29, 0.717) is 44.1 Å². The number of carbonyl (C=O) groups excluding carboxylic acids is 3. The Morgan fingerprint density at radius 2 is 1.72 bits per heavy atom. The van der Waals surface area contributed by atoms with Crippen molar-refractivity contribution >= 4 is 17.9 Å². The van der Waals surface area contributed by atoms with E-state index in [9.17, 15) is 19.5 Å². The Labute approximate surface area is 256 Å². The van der Waals surface area contributed by atoms with Crippen molar-refractivity contribution in [1.29, 1.82) is 0 Å². The summed E-state index contributed by atoms with van der Waals surface area (Å²) in [5.74, 6) is -0.0358. The van der Waals surface area contributed by atoms with E-state index in [1.807, 2.05) is 30.9 Å². The van der Waals surface area contributed by atoms with E-state index >= 15 is 0 Å². The highest BCUT2D eigenvalue weighted by atomic mass is 16.6. The Morgan fingerprint density at radius 3 is 2.30 bits per heavy atom. The molecule has 0 spiro atoms. The number of piperidine rings is 1. The maximum atomic E-state index is 14.2. The highest BCUT2D eigenvalue weighted by Gasteiger charge is 2.43. The van der Waals surface area contributed by atoms with Crippen LogP contribution in [0.25, 0.3) is 0 Å². The van der Waals surface area contributed by atoms with Gasteiger partial charge in [0.2, 0.25) is 11.8 Å². The number of rotatable bonds is 14. The molecule has 1 saturated carbocycles. The predicted molar refractivity (Wildman–Crippen MR) is 162 cm³/mol. The molecule has 1 aromatic rings. The Kier molecular flexibility index (Phi) is 12.5. The first-order chi connectivity index (χ1) is 20.3. The zero-order valence-corrected chi connectivity index (χ0v) is 26.9. The molecule has 1 aromatic carbocycles. The molecule has 3 atom stereocenters. The Hall–Kier alpha value is -3.05. The molecule has 1 heterocycles. The van der Waals surface area contributed by atoms with Gasteiger partial charge >= 0.3 is 6.09 Å². The molecule has 0 aromatic heterocycles. The third kappa shape index (κ3) is 10.9. The van der Waals surface area contributed by atoms with Gasteiger partial charge in [0.05, 0.1) is 38.2 Å². The third-order valence-electron chi connectivity index (χ3n) is 7.50. The molecule has 1 saturated heterocycles. The number of ether oxygens (including phenoxy) is 4. The maximum absolute atomic E-state index is 14.2. The van der Waals surface area contributed by atoms with Crippen LogP contribution in [0.3, 0.4) is 0 Å². The lowest BCUT2D eigenvalue weighted by Crippen LogP contribution is -2.54. The van der Waals surface area contributed by atoms with E-state index in [0.717, 1.165) is 18.4 Å². The quantitative estimate of drug-likeness (QED) is 0.308. The van der Waals surface area contributed by atoms with Crippen molar-refractivity contribution in [1.82, 2.24) is 15.1 Å². The zero-order valence-electron chi connectivity index (χ0n) is 26.9. The smallest absolute Gasteiger partial charge is 0.410 e. The Morgan fingerprint density at radius 1 is 1.05 bits per heavy atom. The van der Waals surface area contributed by atoms with Gasteiger partial charge in [0, 0.05) is 38.9 Å². The number of methoxy groups -OCH3 is 2. The number of nitrogens with one attached hydrogen (secondary N) is 1. The van der Waals surface area contributed by atoms with Crippen LogP contribution in [0.4, 0.5) is 4.79 Å². The summed E-state index contributed by atoms with van der Waals surface area (Å²) in [6.45, 7) is 10.7. The molecule has 1 unspecified atom stereocenters. The van der Waals surface area contributed by atoms with Crippen LogP contribution < -0.4 is 14.8 Å². The van der Waals surface area contributed by atoms with E-state index in [1.54, 1.807) is 41.1 Å². The number of benzene rings is 1. The zero-order chi connectivity index (χ0) is 31.7. The number of aliphatic hydroxyl groups excluding tert-OH is 1. The lowest BCUT2D eigenvalue weighted by Gasteiger charge is -2.39. The maximum Gasteiger partial charge on any atom is 0.410 e. The minimum Gasteiger partial charge on any atom is -0.497 e. The standard InChI is InChI=1S/C32H51N3O8/c1-21(2)12-25(20-36)33-29(37)23-15-24(19-34(18-23)31(39)43-32(3,4)5)30(38)35(26-8-9-26)17-22-13-27(41-7)16-28(14-22)42-11-10-40-6/h13-14,16,21,23-26,36H,8-12,15,17-20H2,1-7H3,(H,33,37)/t23-,24+,25?/m0/s1. The Balaban J connectivity index is 1.83. The topological polar surface area (TPSA) is 127 Å². The number of aliphatic hydroxyl groups is 1. The minimum absolute atomic E-state index is 0.0885. The fourth-order valence-electron chi connectivity index (χ4n) is 5.38. The number of nitrogens with zero attached hydrogens (tertiary/aromatic N) is 2. The lowest BCUT2D eigenvalue weighted by atomic mass is 9.87. The van der Waals surface area contributed by atoms with Gasteiger partial charge in [-0.2, -0.15) is 0 Å². The minimum atomic E-state index is -0.722. The van der Waals surface area contributed by atoms with Crippen molar-refractivity contribution in [2.75, 3.05) is 47.1 Å². The fraction of sp³-hybridized carbons (Fsp3) is 0.719. The molecule has 43 heavy (non-hydrogen) atoms. The first-order valence-corrected chi connectivity index (χ1v) is 15.3. The Bertz CT molecular complexity index is 1080. The summed E-state index contributed by atoms with van der Waals surface area (Å²) in [4.78, 5) is 44.1. The van der Waals surface area contributed by atoms with Gasteiger partial charge in [0.1, 0.15) is 23.7 Å². The van der Waals surface area contributed by atoms with Crippen LogP contribution in [0.2, 0.25) is 0 Å². The second-order valence-corrected chi connectivity index (χ2v) is 13.1. The van der Waals surface area contributed by atoms with Crippen molar-refractivity contribution in [3.05, 3.63) is 23.8 Å². The SMILES string of the molecule is COCCOc1cc(CN(C(=O)[C@@H]2C[C@H](C(=O)NC(CO)CC(C)C)CN(C(=O)OC(C)(C)C)C2)C2CC2)cc(OC)c1. The van der Waals surface area contributed by atoms with Crippen LogP contribution in [0.1, 0.15) is 65.9 Å². The van der Waals surface area contributed by atoms with Crippen molar-refractivity contribution in [3.63, 3.8) is 0 Å². The van der Waals surface area contributed by atoms with E-state index < -0.39 is 29.6 Å². The summed E-state index contributed by atoms with van der Waals surface area (Å²) in [6.07, 6.45) is 2.17. The summed E-state index contributed by atoms with van der Waals surface area (Å²) in [7, 11) is 3.20. The van der Waals surface area contributed by atoms with Gasteiger partial charge in [-0.3, -0.25) is 9.59 Å². The molecule has 1 aliphatic carbocycles. The fourth-order valence-corrected chi connectivity index (χ4v) is 5.38. The molecule has 1 aliphatic heterocycles. The molecule has 11 heteroatoms. The van der Waals surface area contributed by atoms with Gasteiger partial charge in [0.25, 0.3) is 0 Å². The van der Waals surface area contributed by atoms with Crippen LogP contribution in [0.5, 0.6) is 11.5 Å². The molecule has 0 bridgehead atoms. The molecule has 0 radical (unpaired) electrons. The number of carbonyl (C=O) groups is 3. The van der Waals surface area contributed by atoms with Crippen LogP contribution in [-0.2, 0) is 25.6 Å². The summed E-state index contributed by atoms with van der Waals surface area (Å²) in [5, 5.41) is 12.8. The first kappa shape index (κ1) is 34.4. The van der Waals surface area contributed by atoms with Crippen molar-refractivity contribution < 1.29 is 38.4 Å². The van der Waals surface area contributed by atoms with E-state index in [1.165, 1.54) is 4.90 Å². The highest BCUT2D eigenvalue weighted by molar-refractivity contribution is 5.84. The first-order valence-electron chi connectivity index (χ1n) is 15.3. The lowest BCUT2D eigenvalue weighted by molar-refractivity contribution is -0.140. The normalized spacial score (nSPS) is 19.5. The molecule has 2 N–H and O–H groups in total. The van der Waals surface area contributed by atoms with E-state index in [4.69, 9.17) is 18.9 Å². The molecule has 3 amide bonds. The molecular formula is C32H51N3O8. The highest BCUT2D eigenvalue weighted by Crippen LogP contribution is 2.34. The summed E-state index contributed by atoms with van der Waals surface area (Å²) in [5.41, 5.74) is 0.140. The van der Waals surface area contributed by atoms with Gasteiger partial charge in [-0.05, 0) is 70.1 Å². The monoisotopic (exact) mass is 605 g/mol. The van der Waals surface area contributed by atoms with Crippen LogP contribution in [0.15, 0.2) is 18.2 Å². The number of hydrogen-bond donors (Lipinski definition) is 2. The summed E-state index contributed by atoms with van der Waals surface area (Å²) in [6, 6.07) is 5.28. The number of likely N-dealkylation sites (tertiary alicyclic amines) is 1. The second-order valence-electron chi connectivity index (χ2n) is 13.1. The van der Waals surface area contributed by atoms with Crippen LogP contribution in [0, 0.1) is 17.8 Å². The molecule has 2 fully saturated rings. The van der Waals surface area contributed by atoms with E-state index in [-0.39, 0.29) is 43.5 Å². The second kappa shape index (κ2) is 15.6. The van der Waals surface area contributed by atoms with Gasteiger partial charge in [-0.1, -0.05) is 13.8 Å². The summed E-state index contributed by atoms with van der Waals surface area (Å²) >= 11 is 0. The van der Waals surface area contributed by atoms with Gasteiger partial charge in [0.15, 0.2) is 0 Å². The summed E-state index contributed by atoms with van der Waals surface area (Å²) < 4.78 is 22.0. The van der Waals surface area contributed by atoms with Gasteiger partial charge < -0.3 is 39.2 Å². The van der Waals surface area contributed by atoms with Crippen molar-refractivity contribution in [2.24, 2.45) is 17.8 Å². The molecule has 242 valence electrons. The molecule has 2 aliphatic rings.